The first-order valence-electron chi connectivity index (χ1n) is 4.17. The summed E-state index contributed by atoms with van der Waals surface area (Å²) < 4.78 is 4.46. The molecule has 0 aromatic heterocycles. The van der Waals surface area contributed by atoms with Crippen LogP contribution in [0.3, 0.4) is 0 Å². The zero-order valence-electron chi connectivity index (χ0n) is 6.77. The van der Waals surface area contributed by atoms with Crippen molar-refractivity contribution < 1.29 is 19.4 Å². The number of hydrogen-bond acceptors (Lipinski definition) is 4. The first kappa shape index (κ1) is 8.97. The fraction of sp³-hybridized carbons (Fsp3) is 0.750. The molecule has 72 valence electrons. The van der Waals surface area contributed by atoms with E-state index in [1.807, 2.05) is 0 Å². The van der Waals surface area contributed by atoms with Crippen molar-refractivity contribution >= 4 is 23.5 Å². The van der Waals surface area contributed by atoms with Crippen LogP contribution in [0.4, 0.5) is 0 Å². The van der Waals surface area contributed by atoms with Crippen molar-refractivity contribution in [2.75, 3.05) is 0 Å². The Kier molecular flexibility index (Phi) is 2.04. The van der Waals surface area contributed by atoms with Gasteiger partial charge in [0.05, 0.1) is 23.3 Å². The molecule has 0 radical (unpaired) electrons. The Morgan fingerprint density at radius 3 is 2.38 bits per heavy atom. The first-order valence-corrected chi connectivity index (χ1v) is 4.61. The van der Waals surface area contributed by atoms with Crippen LogP contribution < -0.4 is 0 Å². The predicted molar refractivity (Wildman–Crippen MR) is 43.0 cm³/mol. The molecule has 1 N–H and O–H groups in total. The molecule has 4 nitrogen and oxygen atoms in total. The number of alkyl halides is 1. The predicted octanol–water partition coefficient (Wildman–Crippen LogP) is 0.0643. The Hall–Kier alpha value is -0.610. The van der Waals surface area contributed by atoms with E-state index in [1.165, 1.54) is 0 Å². The Bertz CT molecular complexity index is 239. The molecule has 4 atom stereocenters. The number of ether oxygens (including phenoxy) is 1. The van der Waals surface area contributed by atoms with Gasteiger partial charge in [0.25, 0.3) is 0 Å². The van der Waals surface area contributed by atoms with E-state index in [0.717, 1.165) is 0 Å². The summed E-state index contributed by atoms with van der Waals surface area (Å²) in [7, 11) is 0. The third-order valence-corrected chi connectivity index (χ3v) is 3.15. The Morgan fingerprint density at radius 1 is 1.23 bits per heavy atom. The summed E-state index contributed by atoms with van der Waals surface area (Å²) in [5, 5.41) is 8.93. The second-order valence-electron chi connectivity index (χ2n) is 3.51. The van der Waals surface area contributed by atoms with Gasteiger partial charge in [-0.15, -0.1) is 11.6 Å². The summed E-state index contributed by atoms with van der Waals surface area (Å²) in [6.45, 7) is 0. The van der Waals surface area contributed by atoms with Crippen LogP contribution in [0.1, 0.15) is 12.8 Å². The van der Waals surface area contributed by atoms with Crippen molar-refractivity contribution in [3.8, 4) is 0 Å². The maximum atomic E-state index is 11.1. The standard InChI is InChI=1S/C8H9ClO4/c9-5-1-3-4(2-6(5)10)8(12)13-7(3)11/h3-6,10H,1-2H2/t3-,4+,5?,6?/m0/s1. The highest BCUT2D eigenvalue weighted by Gasteiger charge is 2.49. The van der Waals surface area contributed by atoms with Gasteiger partial charge in [0.2, 0.25) is 0 Å². The minimum absolute atomic E-state index is 0.239. The van der Waals surface area contributed by atoms with Crippen LogP contribution in [0.2, 0.25) is 0 Å². The summed E-state index contributed by atoms with van der Waals surface area (Å²) in [6, 6.07) is 0. The molecule has 5 heteroatoms. The number of esters is 2. The zero-order valence-corrected chi connectivity index (χ0v) is 7.53. The summed E-state index contributed by atoms with van der Waals surface area (Å²) in [5.74, 6) is -1.92. The van der Waals surface area contributed by atoms with Crippen LogP contribution in [-0.4, -0.2) is 28.5 Å². The molecule has 0 aromatic rings. The molecular weight excluding hydrogens is 196 g/mol. The van der Waals surface area contributed by atoms with Crippen molar-refractivity contribution in [1.82, 2.24) is 0 Å². The smallest absolute Gasteiger partial charge is 0.317 e. The fourth-order valence-electron chi connectivity index (χ4n) is 1.91. The van der Waals surface area contributed by atoms with Gasteiger partial charge in [-0.05, 0) is 12.8 Å². The second kappa shape index (κ2) is 2.96. The quantitative estimate of drug-likeness (QED) is 0.345. The van der Waals surface area contributed by atoms with E-state index in [0.29, 0.717) is 6.42 Å². The summed E-state index contributed by atoms with van der Waals surface area (Å²) in [6.07, 6.45) is -0.136. The minimum Gasteiger partial charge on any atom is -0.393 e. The zero-order chi connectivity index (χ0) is 9.59. The second-order valence-corrected chi connectivity index (χ2v) is 4.07. The number of carbonyl (C=O) groups excluding carboxylic acids is 2. The third-order valence-electron chi connectivity index (χ3n) is 2.68. The van der Waals surface area contributed by atoms with Gasteiger partial charge < -0.3 is 9.84 Å². The highest BCUT2D eigenvalue weighted by atomic mass is 35.5. The molecule has 1 aliphatic carbocycles. The van der Waals surface area contributed by atoms with Gasteiger partial charge in [-0.3, -0.25) is 9.59 Å². The normalized spacial score (nSPS) is 44.5. The molecule has 1 saturated carbocycles. The van der Waals surface area contributed by atoms with Crippen molar-refractivity contribution in [2.45, 2.75) is 24.3 Å². The average Bonchev–Trinajstić information content (AvgIpc) is 2.31. The molecule has 2 rings (SSSR count). The van der Waals surface area contributed by atoms with Crippen molar-refractivity contribution in [3.63, 3.8) is 0 Å². The minimum atomic E-state index is -0.707. The van der Waals surface area contributed by atoms with E-state index in [-0.39, 0.29) is 6.42 Å². The molecule has 1 aliphatic heterocycles. The van der Waals surface area contributed by atoms with Crippen LogP contribution >= 0.6 is 11.6 Å². The molecule has 13 heavy (non-hydrogen) atoms. The maximum Gasteiger partial charge on any atom is 0.317 e. The van der Waals surface area contributed by atoms with Crippen LogP contribution in [-0.2, 0) is 14.3 Å². The third kappa shape index (κ3) is 1.34. The summed E-state index contributed by atoms with van der Waals surface area (Å²) >= 11 is 5.78. The van der Waals surface area contributed by atoms with E-state index < -0.39 is 35.3 Å². The van der Waals surface area contributed by atoms with Gasteiger partial charge in [-0.2, -0.15) is 0 Å². The highest BCUT2D eigenvalue weighted by Crippen LogP contribution is 2.38. The lowest BCUT2D eigenvalue weighted by molar-refractivity contribution is -0.153. The number of aliphatic hydroxyl groups is 1. The molecule has 2 unspecified atom stereocenters. The average molecular weight is 205 g/mol. The van der Waals surface area contributed by atoms with Crippen molar-refractivity contribution in [2.24, 2.45) is 11.8 Å². The molecule has 1 saturated heterocycles. The molecular formula is C8H9ClO4. The monoisotopic (exact) mass is 204 g/mol. The van der Waals surface area contributed by atoms with E-state index in [2.05, 4.69) is 4.74 Å². The lowest BCUT2D eigenvalue weighted by atomic mass is 9.79. The Balaban J connectivity index is 2.19. The first-order chi connectivity index (χ1) is 6.09. The Morgan fingerprint density at radius 2 is 1.77 bits per heavy atom. The van der Waals surface area contributed by atoms with Crippen molar-refractivity contribution in [3.05, 3.63) is 0 Å². The summed E-state index contributed by atoms with van der Waals surface area (Å²) in [5.41, 5.74) is 0. The number of carbonyl (C=O) groups is 2. The van der Waals surface area contributed by atoms with Crippen molar-refractivity contribution in [1.29, 1.82) is 0 Å². The lowest BCUT2D eigenvalue weighted by Crippen LogP contribution is -2.37. The van der Waals surface area contributed by atoms with Gasteiger partial charge in [-0.1, -0.05) is 0 Å². The van der Waals surface area contributed by atoms with E-state index in [9.17, 15) is 14.7 Å². The fourth-order valence-corrected chi connectivity index (χ4v) is 2.20. The number of cyclic esters (lactones) is 2. The molecule has 2 aliphatic rings. The largest absolute Gasteiger partial charge is 0.393 e. The SMILES string of the molecule is O=C1OC(=O)[C@@H]2CC(O)C(Cl)C[C@H]12. The number of hydrogen-bond donors (Lipinski definition) is 1. The van der Waals surface area contributed by atoms with E-state index in [4.69, 9.17) is 11.6 Å². The van der Waals surface area contributed by atoms with Gasteiger partial charge in [0, 0.05) is 0 Å². The lowest BCUT2D eigenvalue weighted by Gasteiger charge is -2.28. The van der Waals surface area contributed by atoms with Gasteiger partial charge in [0.1, 0.15) is 0 Å². The maximum absolute atomic E-state index is 11.1. The van der Waals surface area contributed by atoms with Crippen LogP contribution in [0.15, 0.2) is 0 Å². The molecule has 0 spiro atoms. The highest BCUT2D eigenvalue weighted by molar-refractivity contribution is 6.21. The van der Waals surface area contributed by atoms with Gasteiger partial charge >= 0.3 is 11.9 Å². The number of fused-ring (bicyclic) bond motifs is 1. The molecule has 0 amide bonds. The Labute approximate surface area is 79.8 Å². The number of halogens is 1. The molecule has 0 bridgehead atoms. The van der Waals surface area contributed by atoms with E-state index in [1.54, 1.807) is 0 Å². The van der Waals surface area contributed by atoms with E-state index >= 15 is 0 Å². The van der Waals surface area contributed by atoms with Gasteiger partial charge in [0.15, 0.2) is 0 Å². The molecule has 2 fully saturated rings. The molecule has 0 aromatic carbocycles. The number of aliphatic hydroxyl groups excluding tert-OH is 1. The van der Waals surface area contributed by atoms with Crippen LogP contribution in [0.25, 0.3) is 0 Å². The topological polar surface area (TPSA) is 63.6 Å². The summed E-state index contributed by atoms with van der Waals surface area (Å²) in [4.78, 5) is 22.2. The van der Waals surface area contributed by atoms with Gasteiger partial charge in [-0.25, -0.2) is 0 Å². The van der Waals surface area contributed by atoms with Crippen LogP contribution in [0.5, 0.6) is 0 Å². The molecule has 1 heterocycles. The number of rotatable bonds is 0. The van der Waals surface area contributed by atoms with Crippen LogP contribution in [0, 0.1) is 11.8 Å².